The van der Waals surface area contributed by atoms with E-state index < -0.39 is 23.4 Å². The summed E-state index contributed by atoms with van der Waals surface area (Å²) in [4.78, 5) is 38.1. The Hall–Kier alpha value is -2.21. The van der Waals surface area contributed by atoms with E-state index in [0.717, 1.165) is 0 Å². The van der Waals surface area contributed by atoms with Gasteiger partial charge in [0.05, 0.1) is 17.9 Å². The fourth-order valence-electron chi connectivity index (χ4n) is 3.42. The number of ketones is 1. The fraction of sp³-hybridized carbons (Fsp3) is 0.654. The fourth-order valence-corrected chi connectivity index (χ4v) is 3.42. The van der Waals surface area contributed by atoms with Crippen molar-refractivity contribution in [3.8, 4) is 11.5 Å². The van der Waals surface area contributed by atoms with Crippen LogP contribution >= 0.6 is 0 Å². The van der Waals surface area contributed by atoms with Gasteiger partial charge in [-0.3, -0.25) is 14.4 Å². The Morgan fingerprint density at radius 3 is 1.66 bits per heavy atom. The van der Waals surface area contributed by atoms with Gasteiger partial charge in [0.15, 0.2) is 17.3 Å². The van der Waals surface area contributed by atoms with Crippen molar-refractivity contribution in [1.29, 1.82) is 0 Å². The first-order valence-electron chi connectivity index (χ1n) is 11.5. The lowest BCUT2D eigenvalue weighted by molar-refractivity contribution is -0.141. The van der Waals surface area contributed by atoms with E-state index in [1.807, 2.05) is 48.5 Å². The monoisotopic (exact) mass is 447 g/mol. The molecule has 0 aliphatic heterocycles. The summed E-state index contributed by atoms with van der Waals surface area (Å²) in [6.07, 6.45) is 1.34. The molecular formula is C26H41NO5. The number of Topliss-reactive ketones (excluding diaryl/α,β-unsaturated/α-hetero) is 1. The van der Waals surface area contributed by atoms with Crippen LogP contribution < -0.4 is 15.2 Å². The van der Waals surface area contributed by atoms with Crippen LogP contribution in [0.5, 0.6) is 11.5 Å². The van der Waals surface area contributed by atoms with Gasteiger partial charge in [-0.1, -0.05) is 62.3 Å². The van der Waals surface area contributed by atoms with Crippen LogP contribution in [0.25, 0.3) is 0 Å². The molecule has 3 atom stereocenters. The zero-order valence-corrected chi connectivity index (χ0v) is 21.2. The number of hydrogen-bond donors (Lipinski definition) is 1. The quantitative estimate of drug-likeness (QED) is 0.292. The number of ether oxygens (including phenoxy) is 2. The van der Waals surface area contributed by atoms with Gasteiger partial charge in [0.25, 0.3) is 0 Å². The Morgan fingerprint density at radius 1 is 0.812 bits per heavy atom. The van der Waals surface area contributed by atoms with E-state index in [1.165, 1.54) is 12.1 Å². The molecule has 1 aromatic carbocycles. The van der Waals surface area contributed by atoms with Crippen LogP contribution in [0.2, 0.25) is 0 Å². The number of carbonyl (C=O) groups is 3. The predicted molar refractivity (Wildman–Crippen MR) is 127 cm³/mol. The van der Waals surface area contributed by atoms with Crippen molar-refractivity contribution >= 4 is 17.7 Å². The molecule has 0 aliphatic carbocycles. The van der Waals surface area contributed by atoms with Crippen molar-refractivity contribution in [3.05, 3.63) is 23.8 Å². The molecule has 6 nitrogen and oxygen atoms in total. The number of rotatable bonds is 10. The smallest absolute Gasteiger partial charge is 0.314 e. The zero-order valence-electron chi connectivity index (χ0n) is 21.2. The molecule has 0 saturated carbocycles. The lowest BCUT2D eigenvalue weighted by Crippen LogP contribution is -2.42. The molecule has 0 aromatic heterocycles. The van der Waals surface area contributed by atoms with Crippen LogP contribution in [-0.4, -0.2) is 23.8 Å². The summed E-state index contributed by atoms with van der Waals surface area (Å²) in [5.41, 5.74) is 6.02. The van der Waals surface area contributed by atoms with E-state index in [4.69, 9.17) is 15.2 Å². The highest BCUT2D eigenvalue weighted by Gasteiger charge is 2.30. The van der Waals surface area contributed by atoms with Crippen LogP contribution in [0.15, 0.2) is 18.2 Å². The molecule has 0 spiro atoms. The molecule has 0 bridgehead atoms. The number of esters is 2. The van der Waals surface area contributed by atoms with Crippen LogP contribution in [0.4, 0.5) is 0 Å². The molecular weight excluding hydrogens is 406 g/mol. The second-order valence-corrected chi connectivity index (χ2v) is 10.8. The van der Waals surface area contributed by atoms with Gasteiger partial charge in [-0.15, -0.1) is 0 Å². The number of carbonyl (C=O) groups excluding carboxylic acids is 3. The third-order valence-electron chi connectivity index (χ3n) is 5.32. The Kier molecular flexibility index (Phi) is 10.1. The topological polar surface area (TPSA) is 95.7 Å². The first-order chi connectivity index (χ1) is 14.6. The molecule has 3 unspecified atom stereocenters. The summed E-state index contributed by atoms with van der Waals surface area (Å²) in [5, 5.41) is 0. The highest BCUT2D eigenvalue weighted by Crippen LogP contribution is 2.32. The van der Waals surface area contributed by atoms with E-state index >= 15 is 0 Å². The molecule has 32 heavy (non-hydrogen) atoms. The molecule has 180 valence electrons. The Bertz CT molecular complexity index is 807. The maximum absolute atomic E-state index is 12.9. The molecule has 0 heterocycles. The number of benzene rings is 1. The van der Waals surface area contributed by atoms with Gasteiger partial charge in [0, 0.05) is 5.56 Å². The van der Waals surface area contributed by atoms with Crippen molar-refractivity contribution in [1.82, 2.24) is 0 Å². The lowest BCUT2D eigenvalue weighted by Gasteiger charge is -2.26. The lowest BCUT2D eigenvalue weighted by atomic mass is 9.83. The second-order valence-electron chi connectivity index (χ2n) is 10.8. The summed E-state index contributed by atoms with van der Waals surface area (Å²) in [7, 11) is 0. The maximum atomic E-state index is 12.9. The van der Waals surface area contributed by atoms with E-state index in [0.29, 0.717) is 30.2 Å². The molecule has 1 aromatic rings. The molecule has 0 aliphatic rings. The SMILES string of the molecule is CC(C)CC(C)C(=O)Oc1ccc(C(=O)C(N)C(C)(C)C)cc1OC(=O)C(C)CC(C)C. The Morgan fingerprint density at radius 2 is 1.25 bits per heavy atom. The molecule has 0 saturated heterocycles. The minimum atomic E-state index is -0.731. The minimum Gasteiger partial charge on any atom is -0.422 e. The van der Waals surface area contributed by atoms with Gasteiger partial charge in [-0.05, 0) is 48.3 Å². The van der Waals surface area contributed by atoms with E-state index in [2.05, 4.69) is 0 Å². The standard InChI is InChI=1S/C26H41NO5/c1-15(2)12-17(5)24(29)31-20-11-10-19(22(28)23(27)26(7,8)9)14-21(20)32-25(30)18(6)13-16(3)4/h10-11,14-18,23H,12-13,27H2,1-9H3. The first-order valence-corrected chi connectivity index (χ1v) is 11.5. The molecule has 1 rings (SSSR count). The van der Waals surface area contributed by atoms with Crippen molar-refractivity contribution in [2.45, 2.75) is 81.2 Å². The predicted octanol–water partition coefficient (Wildman–Crippen LogP) is 5.42. The van der Waals surface area contributed by atoms with Gasteiger partial charge in [0.1, 0.15) is 0 Å². The van der Waals surface area contributed by atoms with E-state index in [-0.39, 0.29) is 29.1 Å². The summed E-state index contributed by atoms with van der Waals surface area (Å²) < 4.78 is 11.2. The van der Waals surface area contributed by atoms with Crippen molar-refractivity contribution < 1.29 is 23.9 Å². The summed E-state index contributed by atoms with van der Waals surface area (Å²) in [6.45, 7) is 17.4. The largest absolute Gasteiger partial charge is 0.422 e. The van der Waals surface area contributed by atoms with Crippen LogP contribution in [0, 0.1) is 29.1 Å². The molecule has 0 amide bonds. The average Bonchev–Trinajstić information content (AvgIpc) is 2.66. The highest BCUT2D eigenvalue weighted by atomic mass is 16.6. The van der Waals surface area contributed by atoms with Gasteiger partial charge < -0.3 is 15.2 Å². The summed E-state index contributed by atoms with van der Waals surface area (Å²) in [5.74, 6) is -0.915. The third-order valence-corrected chi connectivity index (χ3v) is 5.32. The average molecular weight is 448 g/mol. The van der Waals surface area contributed by atoms with E-state index in [9.17, 15) is 14.4 Å². The molecule has 0 radical (unpaired) electrons. The van der Waals surface area contributed by atoms with Gasteiger partial charge in [0.2, 0.25) is 0 Å². The Labute approximate surface area is 193 Å². The van der Waals surface area contributed by atoms with Gasteiger partial charge in [-0.2, -0.15) is 0 Å². The normalized spacial score (nSPS) is 14.8. The Balaban J connectivity index is 3.26. The number of nitrogens with two attached hydrogens (primary N) is 1. The summed E-state index contributed by atoms with van der Waals surface area (Å²) >= 11 is 0. The highest BCUT2D eigenvalue weighted by molar-refractivity contribution is 6.01. The maximum Gasteiger partial charge on any atom is 0.314 e. The first kappa shape index (κ1) is 27.8. The molecule has 0 fully saturated rings. The van der Waals surface area contributed by atoms with Gasteiger partial charge in [-0.25, -0.2) is 0 Å². The van der Waals surface area contributed by atoms with Crippen molar-refractivity contribution in [3.63, 3.8) is 0 Å². The summed E-state index contributed by atoms with van der Waals surface area (Å²) in [6, 6.07) is 3.77. The molecule has 2 N–H and O–H groups in total. The van der Waals surface area contributed by atoms with Crippen LogP contribution in [-0.2, 0) is 9.59 Å². The van der Waals surface area contributed by atoms with E-state index in [1.54, 1.807) is 19.9 Å². The van der Waals surface area contributed by atoms with Crippen LogP contribution in [0.3, 0.4) is 0 Å². The minimum absolute atomic E-state index is 0.0580. The van der Waals surface area contributed by atoms with Crippen molar-refractivity contribution in [2.75, 3.05) is 0 Å². The number of hydrogen-bond acceptors (Lipinski definition) is 6. The second kappa shape index (κ2) is 11.6. The molecule has 6 heteroatoms. The van der Waals surface area contributed by atoms with Crippen molar-refractivity contribution in [2.24, 2.45) is 34.8 Å². The zero-order chi connectivity index (χ0) is 24.8. The van der Waals surface area contributed by atoms with Crippen LogP contribution in [0.1, 0.15) is 85.5 Å². The van der Waals surface area contributed by atoms with Gasteiger partial charge >= 0.3 is 11.9 Å². The third kappa shape index (κ3) is 8.38.